The predicted molar refractivity (Wildman–Crippen MR) is 102 cm³/mol. The Morgan fingerprint density at radius 1 is 1.04 bits per heavy atom. The van der Waals surface area contributed by atoms with Crippen LogP contribution in [0.2, 0.25) is 0 Å². The average molecular weight is 346 g/mol. The number of nitrogens with zero attached hydrogens (tertiary/aromatic N) is 1. The molecule has 2 N–H and O–H groups in total. The van der Waals surface area contributed by atoms with Crippen LogP contribution in [0.25, 0.3) is 0 Å². The molecule has 1 aromatic rings. The Hall–Kier alpha value is -1.33. The van der Waals surface area contributed by atoms with Gasteiger partial charge >= 0.3 is 0 Å². The molecule has 4 nitrogen and oxygen atoms in total. The summed E-state index contributed by atoms with van der Waals surface area (Å²) in [4.78, 5) is 2.85. The molecule has 24 heavy (non-hydrogen) atoms. The lowest BCUT2D eigenvalue weighted by molar-refractivity contribution is 0.0209. The Balaban J connectivity index is 1.32. The molecule has 3 aliphatic rings. The van der Waals surface area contributed by atoms with E-state index in [1.165, 1.54) is 44.9 Å². The SMILES string of the molecule is COc1ccc(NC(=S)NC2C[C@@H]3CCC[C@@H](C2)N3C2CC2)cc1. The van der Waals surface area contributed by atoms with Gasteiger partial charge in [0.2, 0.25) is 0 Å². The molecule has 3 fully saturated rings. The fourth-order valence-electron chi connectivity index (χ4n) is 4.53. The molecule has 1 aliphatic carbocycles. The van der Waals surface area contributed by atoms with Gasteiger partial charge in [0.25, 0.3) is 0 Å². The molecule has 0 amide bonds. The Kier molecular flexibility index (Phi) is 4.63. The number of benzene rings is 1. The summed E-state index contributed by atoms with van der Waals surface area (Å²) in [7, 11) is 1.68. The Morgan fingerprint density at radius 3 is 2.29 bits per heavy atom. The standard InChI is InChI=1S/C19H27N3OS/c1-23-18-9-5-13(6-10-18)20-19(24)21-14-11-16-3-2-4-17(12-14)22(16)15-7-8-15/h5-6,9-10,14-17H,2-4,7-8,11-12H2,1H3,(H2,20,21,24)/t16-,17-/m0/s1. The predicted octanol–water partition coefficient (Wildman–Crippen LogP) is 3.53. The zero-order chi connectivity index (χ0) is 16.5. The molecule has 2 aliphatic heterocycles. The van der Waals surface area contributed by atoms with Crippen LogP contribution in [0.15, 0.2) is 24.3 Å². The lowest BCUT2D eigenvalue weighted by Gasteiger charge is -2.49. The maximum absolute atomic E-state index is 5.54. The molecule has 0 radical (unpaired) electrons. The van der Waals surface area contributed by atoms with Crippen molar-refractivity contribution < 1.29 is 4.74 Å². The van der Waals surface area contributed by atoms with E-state index in [0.29, 0.717) is 6.04 Å². The molecule has 0 spiro atoms. The second-order valence-electron chi connectivity index (χ2n) is 7.41. The quantitative estimate of drug-likeness (QED) is 0.817. The van der Waals surface area contributed by atoms with Crippen LogP contribution in [0, 0.1) is 0 Å². The van der Waals surface area contributed by atoms with Crippen molar-refractivity contribution >= 4 is 23.0 Å². The molecule has 5 heteroatoms. The van der Waals surface area contributed by atoms with Gasteiger partial charge in [0.15, 0.2) is 5.11 Å². The minimum Gasteiger partial charge on any atom is -0.497 e. The zero-order valence-electron chi connectivity index (χ0n) is 14.3. The number of fused-ring (bicyclic) bond motifs is 2. The van der Waals surface area contributed by atoms with Crippen molar-refractivity contribution in [3.05, 3.63) is 24.3 Å². The van der Waals surface area contributed by atoms with Crippen molar-refractivity contribution in [2.45, 2.75) is 69.1 Å². The number of anilines is 1. The largest absolute Gasteiger partial charge is 0.497 e. The van der Waals surface area contributed by atoms with E-state index in [1.807, 2.05) is 24.3 Å². The highest BCUT2D eigenvalue weighted by Gasteiger charge is 2.44. The third-order valence-corrected chi connectivity index (χ3v) is 5.90. The summed E-state index contributed by atoms with van der Waals surface area (Å²) < 4.78 is 5.19. The van der Waals surface area contributed by atoms with Crippen molar-refractivity contribution in [1.82, 2.24) is 10.2 Å². The van der Waals surface area contributed by atoms with E-state index in [0.717, 1.165) is 34.7 Å². The molecule has 2 heterocycles. The molecule has 4 rings (SSSR count). The van der Waals surface area contributed by atoms with Gasteiger partial charge in [-0.25, -0.2) is 0 Å². The first-order valence-electron chi connectivity index (χ1n) is 9.22. The summed E-state index contributed by atoms with van der Waals surface area (Å²) in [5.41, 5.74) is 1.00. The Bertz CT molecular complexity index is 573. The molecular formula is C19H27N3OS. The van der Waals surface area contributed by atoms with Gasteiger partial charge in [-0.2, -0.15) is 0 Å². The van der Waals surface area contributed by atoms with Gasteiger partial charge in [0, 0.05) is 29.9 Å². The van der Waals surface area contributed by atoms with Crippen LogP contribution < -0.4 is 15.4 Å². The van der Waals surface area contributed by atoms with Crippen molar-refractivity contribution in [2.24, 2.45) is 0 Å². The number of thiocarbonyl (C=S) groups is 1. The Morgan fingerprint density at radius 2 is 1.71 bits per heavy atom. The number of rotatable bonds is 4. The second-order valence-corrected chi connectivity index (χ2v) is 7.82. The lowest BCUT2D eigenvalue weighted by atomic mass is 9.81. The fraction of sp³-hybridized carbons (Fsp3) is 0.632. The summed E-state index contributed by atoms with van der Waals surface area (Å²) in [5, 5.41) is 7.61. The third-order valence-electron chi connectivity index (χ3n) is 5.68. The molecule has 0 unspecified atom stereocenters. The van der Waals surface area contributed by atoms with Crippen LogP contribution in [-0.4, -0.2) is 41.3 Å². The van der Waals surface area contributed by atoms with E-state index in [-0.39, 0.29) is 0 Å². The highest BCUT2D eigenvalue weighted by Crippen LogP contribution is 2.41. The zero-order valence-corrected chi connectivity index (χ0v) is 15.1. The van der Waals surface area contributed by atoms with Gasteiger partial charge in [-0.1, -0.05) is 6.42 Å². The normalized spacial score (nSPS) is 29.8. The average Bonchev–Trinajstić information content (AvgIpc) is 3.39. The number of piperidine rings is 2. The number of ether oxygens (including phenoxy) is 1. The van der Waals surface area contributed by atoms with Crippen LogP contribution in [0.4, 0.5) is 5.69 Å². The van der Waals surface area contributed by atoms with Crippen molar-refractivity contribution in [1.29, 1.82) is 0 Å². The monoisotopic (exact) mass is 345 g/mol. The van der Waals surface area contributed by atoms with Gasteiger partial charge < -0.3 is 15.4 Å². The highest BCUT2D eigenvalue weighted by atomic mass is 32.1. The highest BCUT2D eigenvalue weighted by molar-refractivity contribution is 7.80. The van der Waals surface area contributed by atoms with E-state index in [9.17, 15) is 0 Å². The fourth-order valence-corrected chi connectivity index (χ4v) is 4.82. The van der Waals surface area contributed by atoms with E-state index >= 15 is 0 Å². The summed E-state index contributed by atoms with van der Waals surface area (Å²) in [6.07, 6.45) is 9.44. The molecule has 130 valence electrons. The van der Waals surface area contributed by atoms with Gasteiger partial charge in [-0.15, -0.1) is 0 Å². The summed E-state index contributed by atoms with van der Waals surface area (Å²) >= 11 is 5.54. The van der Waals surface area contributed by atoms with Crippen LogP contribution in [-0.2, 0) is 0 Å². The second kappa shape index (κ2) is 6.89. The number of methoxy groups -OCH3 is 1. The van der Waals surface area contributed by atoms with Crippen LogP contribution in [0.1, 0.15) is 44.9 Å². The van der Waals surface area contributed by atoms with Crippen molar-refractivity contribution in [3.63, 3.8) is 0 Å². The van der Waals surface area contributed by atoms with E-state index in [1.54, 1.807) is 7.11 Å². The Labute approximate surface area is 149 Å². The van der Waals surface area contributed by atoms with E-state index < -0.39 is 0 Å². The molecular weight excluding hydrogens is 318 g/mol. The third kappa shape index (κ3) is 3.52. The molecule has 2 atom stereocenters. The van der Waals surface area contributed by atoms with Crippen LogP contribution >= 0.6 is 12.2 Å². The molecule has 2 saturated heterocycles. The van der Waals surface area contributed by atoms with Crippen molar-refractivity contribution in [2.75, 3.05) is 12.4 Å². The van der Waals surface area contributed by atoms with Crippen LogP contribution in [0.3, 0.4) is 0 Å². The van der Waals surface area contributed by atoms with Crippen LogP contribution in [0.5, 0.6) is 5.75 Å². The topological polar surface area (TPSA) is 36.5 Å². The van der Waals surface area contributed by atoms with Gasteiger partial charge in [-0.3, -0.25) is 4.90 Å². The first kappa shape index (κ1) is 16.2. The maximum Gasteiger partial charge on any atom is 0.170 e. The minimum absolute atomic E-state index is 0.508. The summed E-state index contributed by atoms with van der Waals surface area (Å²) in [6, 6.07) is 10.8. The molecule has 0 aromatic heterocycles. The first-order chi connectivity index (χ1) is 11.7. The summed E-state index contributed by atoms with van der Waals surface area (Å²) in [6.45, 7) is 0. The van der Waals surface area contributed by atoms with Gasteiger partial charge in [0.1, 0.15) is 5.75 Å². The van der Waals surface area contributed by atoms with E-state index in [4.69, 9.17) is 17.0 Å². The molecule has 1 aromatic carbocycles. The van der Waals surface area contributed by atoms with Crippen molar-refractivity contribution in [3.8, 4) is 5.75 Å². The smallest absolute Gasteiger partial charge is 0.170 e. The molecule has 1 saturated carbocycles. The minimum atomic E-state index is 0.508. The number of hydrogen-bond acceptors (Lipinski definition) is 3. The van der Waals surface area contributed by atoms with Gasteiger partial charge in [-0.05, 0) is 75.0 Å². The summed E-state index contributed by atoms with van der Waals surface area (Å²) in [5.74, 6) is 0.861. The maximum atomic E-state index is 5.54. The number of nitrogens with one attached hydrogen (secondary N) is 2. The molecule has 2 bridgehead atoms. The number of hydrogen-bond donors (Lipinski definition) is 2. The van der Waals surface area contributed by atoms with Gasteiger partial charge in [0.05, 0.1) is 7.11 Å². The van der Waals surface area contributed by atoms with E-state index in [2.05, 4.69) is 15.5 Å². The first-order valence-corrected chi connectivity index (χ1v) is 9.63. The lowest BCUT2D eigenvalue weighted by Crippen LogP contribution is -2.57.